The molecule has 2 aromatic rings. The van der Waals surface area contributed by atoms with Crippen LogP contribution in [-0.4, -0.2) is 9.97 Å². The van der Waals surface area contributed by atoms with E-state index in [1.54, 1.807) is 12.4 Å². The Morgan fingerprint density at radius 2 is 1.93 bits per heavy atom. The van der Waals surface area contributed by atoms with E-state index in [1.165, 1.54) is 0 Å². The van der Waals surface area contributed by atoms with Gasteiger partial charge in [0.1, 0.15) is 0 Å². The van der Waals surface area contributed by atoms with E-state index in [-0.39, 0.29) is 0 Å². The molecule has 0 amide bonds. The lowest BCUT2D eigenvalue weighted by Gasteiger charge is -2.04. The number of hydrogen-bond donors (Lipinski definition) is 2. The predicted molar refractivity (Wildman–Crippen MR) is 61.0 cm³/mol. The van der Waals surface area contributed by atoms with E-state index >= 15 is 0 Å². The van der Waals surface area contributed by atoms with E-state index in [9.17, 15) is 0 Å². The first kappa shape index (κ1) is 9.45. The van der Waals surface area contributed by atoms with Crippen molar-refractivity contribution in [1.82, 2.24) is 9.97 Å². The minimum atomic E-state index is 0.628. The maximum Gasteiger partial charge on any atom is 0.0723 e. The van der Waals surface area contributed by atoms with Gasteiger partial charge in [0.15, 0.2) is 0 Å². The summed E-state index contributed by atoms with van der Waals surface area (Å²) in [5.74, 6) is 0. The summed E-state index contributed by atoms with van der Waals surface area (Å²) in [6, 6.07) is 5.53. The van der Waals surface area contributed by atoms with Crippen molar-refractivity contribution < 1.29 is 0 Å². The van der Waals surface area contributed by atoms with E-state index < -0.39 is 0 Å². The third-order valence-corrected chi connectivity index (χ3v) is 2.18. The minimum absolute atomic E-state index is 0.628. The Morgan fingerprint density at radius 1 is 1.13 bits per heavy atom. The molecule has 0 saturated carbocycles. The van der Waals surface area contributed by atoms with Crippen LogP contribution in [0, 0.1) is 6.92 Å². The number of anilines is 2. The molecule has 0 aliphatic rings. The lowest BCUT2D eigenvalue weighted by Crippen LogP contribution is -1.95. The zero-order chi connectivity index (χ0) is 10.8. The van der Waals surface area contributed by atoms with Crippen LogP contribution >= 0.6 is 0 Å². The van der Waals surface area contributed by atoms with E-state index in [0.29, 0.717) is 11.4 Å². The molecule has 0 unspecified atom stereocenters. The highest BCUT2D eigenvalue weighted by molar-refractivity contribution is 5.64. The molecule has 2 heterocycles. The molecule has 0 bridgehead atoms. The van der Waals surface area contributed by atoms with E-state index in [0.717, 1.165) is 17.0 Å². The largest absolute Gasteiger partial charge is 0.397 e. The molecule has 2 rings (SSSR count). The van der Waals surface area contributed by atoms with Gasteiger partial charge in [-0.1, -0.05) is 0 Å². The number of aromatic nitrogens is 2. The van der Waals surface area contributed by atoms with Gasteiger partial charge in [0, 0.05) is 18.0 Å². The molecule has 4 heteroatoms. The number of hydrogen-bond acceptors (Lipinski definition) is 4. The van der Waals surface area contributed by atoms with Crippen LogP contribution in [0.15, 0.2) is 30.6 Å². The van der Waals surface area contributed by atoms with Gasteiger partial charge in [0.25, 0.3) is 0 Å². The number of pyridine rings is 2. The first-order valence-corrected chi connectivity index (χ1v) is 4.61. The van der Waals surface area contributed by atoms with Crippen LogP contribution in [0.2, 0.25) is 0 Å². The van der Waals surface area contributed by atoms with Gasteiger partial charge < -0.3 is 11.5 Å². The molecule has 0 aromatic carbocycles. The summed E-state index contributed by atoms with van der Waals surface area (Å²) in [6.07, 6.45) is 3.34. The van der Waals surface area contributed by atoms with E-state index in [2.05, 4.69) is 9.97 Å². The molecular formula is C11H12N4. The van der Waals surface area contributed by atoms with Crippen molar-refractivity contribution in [2.24, 2.45) is 0 Å². The molecule has 0 aliphatic heterocycles. The van der Waals surface area contributed by atoms with Crippen molar-refractivity contribution in [1.29, 1.82) is 0 Å². The molecule has 0 radical (unpaired) electrons. The molecule has 15 heavy (non-hydrogen) atoms. The van der Waals surface area contributed by atoms with Gasteiger partial charge in [-0.05, 0) is 25.1 Å². The summed E-state index contributed by atoms with van der Waals surface area (Å²) in [5.41, 5.74) is 15.2. The van der Waals surface area contributed by atoms with E-state index in [1.807, 2.05) is 25.1 Å². The number of aryl methyl sites for hydroxylation is 1. The standard InChI is InChI=1S/C11H12N4/c1-7-10(13)2-3-11(15-7)8-4-9(12)6-14-5-8/h2-6H,12-13H2,1H3. The third kappa shape index (κ3) is 1.88. The van der Waals surface area contributed by atoms with Gasteiger partial charge in [-0.2, -0.15) is 0 Å². The maximum absolute atomic E-state index is 5.69. The second kappa shape index (κ2) is 3.57. The smallest absolute Gasteiger partial charge is 0.0723 e. The second-order valence-corrected chi connectivity index (χ2v) is 3.38. The van der Waals surface area contributed by atoms with Crippen molar-refractivity contribution in [2.75, 3.05) is 11.5 Å². The van der Waals surface area contributed by atoms with Crippen LogP contribution in [0.3, 0.4) is 0 Å². The first-order chi connectivity index (χ1) is 7.16. The Kier molecular flexibility index (Phi) is 2.25. The normalized spacial score (nSPS) is 10.2. The van der Waals surface area contributed by atoms with Crippen LogP contribution in [0.1, 0.15) is 5.69 Å². The molecule has 2 aromatic heterocycles. The van der Waals surface area contributed by atoms with Gasteiger partial charge >= 0.3 is 0 Å². The van der Waals surface area contributed by atoms with Crippen molar-refractivity contribution in [3.8, 4) is 11.3 Å². The van der Waals surface area contributed by atoms with Crippen LogP contribution in [0.25, 0.3) is 11.3 Å². The fourth-order valence-corrected chi connectivity index (χ4v) is 1.33. The molecule has 4 nitrogen and oxygen atoms in total. The van der Waals surface area contributed by atoms with Crippen molar-refractivity contribution in [2.45, 2.75) is 6.92 Å². The fraction of sp³-hybridized carbons (Fsp3) is 0.0909. The van der Waals surface area contributed by atoms with Crippen LogP contribution in [0.4, 0.5) is 11.4 Å². The Labute approximate surface area is 88.0 Å². The number of nitrogen functional groups attached to an aromatic ring is 2. The summed E-state index contributed by atoms with van der Waals surface area (Å²) in [5, 5.41) is 0. The molecular weight excluding hydrogens is 188 g/mol. The summed E-state index contributed by atoms with van der Waals surface area (Å²) in [4.78, 5) is 8.38. The van der Waals surface area contributed by atoms with Crippen molar-refractivity contribution >= 4 is 11.4 Å². The molecule has 0 saturated heterocycles. The van der Waals surface area contributed by atoms with Gasteiger partial charge in [-0.25, -0.2) is 0 Å². The van der Waals surface area contributed by atoms with Gasteiger partial charge in [-0.3, -0.25) is 9.97 Å². The van der Waals surface area contributed by atoms with Gasteiger partial charge in [0.2, 0.25) is 0 Å². The Balaban J connectivity index is 2.50. The monoisotopic (exact) mass is 200 g/mol. The van der Waals surface area contributed by atoms with Crippen molar-refractivity contribution in [3.05, 3.63) is 36.3 Å². The minimum Gasteiger partial charge on any atom is -0.397 e. The molecule has 76 valence electrons. The number of nitrogens with two attached hydrogens (primary N) is 2. The highest BCUT2D eigenvalue weighted by Crippen LogP contribution is 2.20. The predicted octanol–water partition coefficient (Wildman–Crippen LogP) is 1.62. The molecule has 0 spiro atoms. The first-order valence-electron chi connectivity index (χ1n) is 4.61. The number of nitrogens with zero attached hydrogens (tertiary/aromatic N) is 2. The van der Waals surface area contributed by atoms with E-state index in [4.69, 9.17) is 11.5 Å². The quantitative estimate of drug-likeness (QED) is 0.733. The van der Waals surface area contributed by atoms with Crippen LogP contribution in [0.5, 0.6) is 0 Å². The average Bonchev–Trinajstić information content (AvgIpc) is 2.22. The lowest BCUT2D eigenvalue weighted by molar-refractivity contribution is 1.20. The second-order valence-electron chi connectivity index (χ2n) is 3.38. The maximum atomic E-state index is 5.69. The lowest BCUT2D eigenvalue weighted by atomic mass is 10.1. The Bertz CT molecular complexity index is 494. The molecule has 0 atom stereocenters. The SMILES string of the molecule is Cc1nc(-c2cncc(N)c2)ccc1N. The highest BCUT2D eigenvalue weighted by atomic mass is 14.8. The zero-order valence-electron chi connectivity index (χ0n) is 8.44. The van der Waals surface area contributed by atoms with Gasteiger partial charge in [-0.15, -0.1) is 0 Å². The van der Waals surface area contributed by atoms with Crippen LogP contribution < -0.4 is 11.5 Å². The fourth-order valence-electron chi connectivity index (χ4n) is 1.33. The molecule has 0 aliphatic carbocycles. The molecule has 4 N–H and O–H groups in total. The number of rotatable bonds is 1. The Morgan fingerprint density at radius 3 is 2.60 bits per heavy atom. The topological polar surface area (TPSA) is 77.8 Å². The summed E-state index contributed by atoms with van der Waals surface area (Å²) in [7, 11) is 0. The average molecular weight is 200 g/mol. The summed E-state index contributed by atoms with van der Waals surface area (Å²) in [6.45, 7) is 1.87. The van der Waals surface area contributed by atoms with Gasteiger partial charge in [0.05, 0.1) is 22.8 Å². The highest BCUT2D eigenvalue weighted by Gasteiger charge is 2.02. The third-order valence-electron chi connectivity index (χ3n) is 2.18. The van der Waals surface area contributed by atoms with Crippen LogP contribution in [-0.2, 0) is 0 Å². The zero-order valence-corrected chi connectivity index (χ0v) is 8.44. The van der Waals surface area contributed by atoms with Crippen molar-refractivity contribution in [3.63, 3.8) is 0 Å². The summed E-state index contributed by atoms with van der Waals surface area (Å²) >= 11 is 0. The Hall–Kier alpha value is -2.10. The summed E-state index contributed by atoms with van der Waals surface area (Å²) < 4.78 is 0. The molecule has 0 fully saturated rings.